The number of amides is 1. The SMILES string of the molecule is Cc1cc(NC(=O)CN2CCC[C@H](Cc3nc4ccc(F)cc4[nH]3)C2)no1. The van der Waals surface area contributed by atoms with Crippen LogP contribution in [-0.2, 0) is 11.2 Å². The summed E-state index contributed by atoms with van der Waals surface area (Å²) in [7, 11) is 0. The molecular weight excluding hydrogens is 349 g/mol. The fraction of sp³-hybridized carbons (Fsp3) is 0.421. The Bertz CT molecular complexity index is 951. The van der Waals surface area contributed by atoms with Gasteiger partial charge in [-0.1, -0.05) is 5.16 Å². The Hall–Kier alpha value is -2.74. The number of aromatic amines is 1. The molecule has 7 nitrogen and oxygen atoms in total. The molecule has 1 atom stereocenters. The summed E-state index contributed by atoms with van der Waals surface area (Å²) in [5, 5.41) is 6.54. The van der Waals surface area contributed by atoms with Crippen LogP contribution in [0.2, 0.25) is 0 Å². The van der Waals surface area contributed by atoms with Gasteiger partial charge >= 0.3 is 0 Å². The predicted molar refractivity (Wildman–Crippen MR) is 98.8 cm³/mol. The Morgan fingerprint density at radius 2 is 2.33 bits per heavy atom. The van der Waals surface area contributed by atoms with E-state index in [0.29, 0.717) is 24.0 Å². The standard InChI is InChI=1S/C19H22FN5O2/c1-12-7-18(24-27-12)23-19(26)11-25-6-2-3-13(10-25)8-17-21-15-5-4-14(20)9-16(15)22-17/h4-5,7,9,13H,2-3,6,8,10-11H2,1H3,(H,21,22)(H,23,24,26)/t13-/m1/s1. The fourth-order valence-corrected chi connectivity index (χ4v) is 3.68. The van der Waals surface area contributed by atoms with Crippen LogP contribution in [0, 0.1) is 18.7 Å². The Labute approximate surface area is 155 Å². The van der Waals surface area contributed by atoms with Crippen molar-refractivity contribution >= 4 is 22.8 Å². The van der Waals surface area contributed by atoms with E-state index < -0.39 is 0 Å². The summed E-state index contributed by atoms with van der Waals surface area (Å²) in [6.45, 7) is 3.84. The van der Waals surface area contributed by atoms with Crippen molar-refractivity contribution in [1.29, 1.82) is 0 Å². The van der Waals surface area contributed by atoms with E-state index in [2.05, 4.69) is 25.3 Å². The lowest BCUT2D eigenvalue weighted by atomic mass is 9.94. The Kier molecular flexibility index (Phi) is 4.89. The van der Waals surface area contributed by atoms with Gasteiger partial charge in [-0.25, -0.2) is 9.37 Å². The van der Waals surface area contributed by atoms with E-state index in [0.717, 1.165) is 49.2 Å². The topological polar surface area (TPSA) is 87.0 Å². The number of hydrogen-bond donors (Lipinski definition) is 2. The number of fused-ring (bicyclic) bond motifs is 1. The number of halogens is 1. The molecule has 0 bridgehead atoms. The molecular formula is C19H22FN5O2. The van der Waals surface area contributed by atoms with Crippen LogP contribution in [0.4, 0.5) is 10.2 Å². The largest absolute Gasteiger partial charge is 0.360 e. The second-order valence-electron chi connectivity index (χ2n) is 7.16. The summed E-state index contributed by atoms with van der Waals surface area (Å²) in [4.78, 5) is 22.1. The van der Waals surface area contributed by atoms with Crippen LogP contribution >= 0.6 is 0 Å². The van der Waals surface area contributed by atoms with Crippen molar-refractivity contribution in [3.05, 3.63) is 41.7 Å². The average molecular weight is 371 g/mol. The number of anilines is 1. The van der Waals surface area contributed by atoms with Crippen LogP contribution in [0.1, 0.15) is 24.4 Å². The van der Waals surface area contributed by atoms with Gasteiger partial charge in [0.15, 0.2) is 5.82 Å². The highest BCUT2D eigenvalue weighted by Crippen LogP contribution is 2.21. The van der Waals surface area contributed by atoms with Crippen molar-refractivity contribution in [3.63, 3.8) is 0 Å². The first-order valence-corrected chi connectivity index (χ1v) is 9.15. The number of piperidine rings is 1. The molecule has 27 heavy (non-hydrogen) atoms. The van der Waals surface area contributed by atoms with Crippen LogP contribution in [-0.4, -0.2) is 45.6 Å². The van der Waals surface area contributed by atoms with Gasteiger partial charge in [0.05, 0.1) is 17.6 Å². The number of imidazole rings is 1. The molecule has 0 spiro atoms. The third-order valence-corrected chi connectivity index (χ3v) is 4.84. The fourth-order valence-electron chi connectivity index (χ4n) is 3.68. The van der Waals surface area contributed by atoms with Gasteiger partial charge in [0.25, 0.3) is 0 Å². The number of aryl methyl sites for hydroxylation is 1. The quantitative estimate of drug-likeness (QED) is 0.720. The number of aromatic nitrogens is 3. The molecule has 0 saturated carbocycles. The number of H-pyrrole nitrogens is 1. The summed E-state index contributed by atoms with van der Waals surface area (Å²) in [5.74, 6) is 2.02. The van der Waals surface area contributed by atoms with Crippen LogP contribution in [0.5, 0.6) is 0 Å². The third kappa shape index (κ3) is 4.33. The minimum Gasteiger partial charge on any atom is -0.360 e. The lowest BCUT2D eigenvalue weighted by Crippen LogP contribution is -2.41. The van der Waals surface area contributed by atoms with Crippen molar-refractivity contribution in [1.82, 2.24) is 20.0 Å². The first kappa shape index (κ1) is 17.7. The highest BCUT2D eigenvalue weighted by Gasteiger charge is 2.23. The first-order chi connectivity index (χ1) is 13.0. The minimum absolute atomic E-state index is 0.0943. The van der Waals surface area contributed by atoms with Gasteiger partial charge in [-0.2, -0.15) is 0 Å². The van der Waals surface area contributed by atoms with E-state index >= 15 is 0 Å². The van der Waals surface area contributed by atoms with E-state index in [9.17, 15) is 9.18 Å². The molecule has 4 rings (SSSR count). The molecule has 1 amide bonds. The highest BCUT2D eigenvalue weighted by molar-refractivity contribution is 5.91. The van der Waals surface area contributed by atoms with E-state index in [1.54, 1.807) is 19.1 Å². The van der Waals surface area contributed by atoms with Crippen molar-refractivity contribution in [2.45, 2.75) is 26.2 Å². The number of nitrogens with zero attached hydrogens (tertiary/aromatic N) is 3. The van der Waals surface area contributed by atoms with Gasteiger partial charge in [0.1, 0.15) is 17.4 Å². The highest BCUT2D eigenvalue weighted by atomic mass is 19.1. The zero-order valence-corrected chi connectivity index (χ0v) is 15.2. The van der Waals surface area contributed by atoms with Crippen molar-refractivity contribution in [3.8, 4) is 0 Å². The molecule has 0 radical (unpaired) electrons. The van der Waals surface area contributed by atoms with Crippen LogP contribution in [0.3, 0.4) is 0 Å². The number of carbonyl (C=O) groups is 1. The number of hydrogen-bond acceptors (Lipinski definition) is 5. The molecule has 2 aromatic heterocycles. The maximum Gasteiger partial charge on any atom is 0.239 e. The molecule has 1 aliphatic rings. The van der Waals surface area contributed by atoms with Gasteiger partial charge in [-0.3, -0.25) is 9.69 Å². The third-order valence-electron chi connectivity index (χ3n) is 4.84. The van der Waals surface area contributed by atoms with Crippen LogP contribution in [0.25, 0.3) is 11.0 Å². The van der Waals surface area contributed by atoms with Gasteiger partial charge in [-0.05, 0) is 50.4 Å². The second kappa shape index (κ2) is 7.48. The molecule has 1 saturated heterocycles. The number of rotatable bonds is 5. The molecule has 8 heteroatoms. The average Bonchev–Trinajstić information content (AvgIpc) is 3.20. The molecule has 2 N–H and O–H groups in total. The first-order valence-electron chi connectivity index (χ1n) is 9.15. The van der Waals surface area contributed by atoms with E-state index in [1.807, 2.05) is 0 Å². The van der Waals surface area contributed by atoms with Gasteiger partial charge in [-0.15, -0.1) is 0 Å². The molecule has 0 unspecified atom stereocenters. The predicted octanol–water partition coefficient (Wildman–Crippen LogP) is 2.89. The number of nitrogens with one attached hydrogen (secondary N) is 2. The summed E-state index contributed by atoms with van der Waals surface area (Å²) in [6, 6.07) is 6.27. The zero-order chi connectivity index (χ0) is 18.8. The monoisotopic (exact) mass is 371 g/mol. The van der Waals surface area contributed by atoms with Gasteiger partial charge in [0, 0.05) is 19.0 Å². The van der Waals surface area contributed by atoms with Gasteiger partial charge < -0.3 is 14.8 Å². The molecule has 1 fully saturated rings. The van der Waals surface area contributed by atoms with Crippen molar-refractivity contribution < 1.29 is 13.7 Å². The number of likely N-dealkylation sites (tertiary alicyclic amines) is 1. The Morgan fingerprint density at radius 3 is 3.15 bits per heavy atom. The Morgan fingerprint density at radius 1 is 1.44 bits per heavy atom. The summed E-state index contributed by atoms with van der Waals surface area (Å²) in [5.41, 5.74) is 1.50. The molecule has 3 heterocycles. The second-order valence-corrected chi connectivity index (χ2v) is 7.16. The van der Waals surface area contributed by atoms with Crippen LogP contribution < -0.4 is 5.32 Å². The summed E-state index contributed by atoms with van der Waals surface area (Å²) < 4.78 is 18.3. The molecule has 3 aromatic rings. The number of carbonyl (C=O) groups excluding carboxylic acids is 1. The molecule has 1 aliphatic heterocycles. The Balaban J connectivity index is 1.33. The summed E-state index contributed by atoms with van der Waals surface area (Å²) >= 11 is 0. The lowest BCUT2D eigenvalue weighted by Gasteiger charge is -2.31. The number of benzene rings is 1. The van der Waals surface area contributed by atoms with Crippen molar-refractivity contribution in [2.24, 2.45) is 5.92 Å². The van der Waals surface area contributed by atoms with Crippen molar-refractivity contribution in [2.75, 3.05) is 25.0 Å². The maximum atomic E-state index is 13.3. The molecule has 142 valence electrons. The molecule has 1 aromatic carbocycles. The smallest absolute Gasteiger partial charge is 0.239 e. The maximum absolute atomic E-state index is 13.3. The normalized spacial score (nSPS) is 18.1. The zero-order valence-electron chi connectivity index (χ0n) is 15.2. The molecule has 0 aliphatic carbocycles. The van der Waals surface area contributed by atoms with E-state index in [1.165, 1.54) is 12.1 Å². The minimum atomic E-state index is -0.269. The van der Waals surface area contributed by atoms with E-state index in [-0.39, 0.29) is 11.7 Å². The van der Waals surface area contributed by atoms with Gasteiger partial charge in [0.2, 0.25) is 5.91 Å². The lowest BCUT2D eigenvalue weighted by molar-refractivity contribution is -0.117. The summed E-state index contributed by atoms with van der Waals surface area (Å²) in [6.07, 6.45) is 2.92. The van der Waals surface area contributed by atoms with E-state index in [4.69, 9.17) is 4.52 Å². The van der Waals surface area contributed by atoms with Crippen LogP contribution in [0.15, 0.2) is 28.8 Å².